The Bertz CT molecular complexity index is 766. The minimum atomic E-state index is -0.181. The zero-order valence-corrected chi connectivity index (χ0v) is 23.0. The molecule has 0 spiro atoms. The Labute approximate surface area is 208 Å². The summed E-state index contributed by atoms with van der Waals surface area (Å²) in [6.07, 6.45) is 15.0. The normalized spacial score (nSPS) is 52.0. The summed E-state index contributed by atoms with van der Waals surface area (Å²) in [5.74, 6) is 6.34. The number of alkyl halides is 1. The van der Waals surface area contributed by atoms with E-state index in [9.17, 15) is 4.79 Å². The van der Waals surface area contributed by atoms with E-state index in [0.29, 0.717) is 10.8 Å². The zero-order chi connectivity index (χ0) is 23.8. The molecule has 4 aliphatic carbocycles. The van der Waals surface area contributed by atoms with Crippen molar-refractivity contribution in [3.05, 3.63) is 0 Å². The molecular formula is C30H50ClNO. The van der Waals surface area contributed by atoms with Crippen LogP contribution in [-0.2, 0) is 4.79 Å². The van der Waals surface area contributed by atoms with Crippen molar-refractivity contribution in [2.24, 2.45) is 63.6 Å². The molecule has 1 saturated heterocycles. The highest BCUT2D eigenvalue weighted by Crippen LogP contribution is 2.71. The van der Waals surface area contributed by atoms with E-state index in [2.05, 4.69) is 46.9 Å². The molecule has 188 valence electrons. The third kappa shape index (κ3) is 3.65. The second-order valence-corrected chi connectivity index (χ2v) is 15.0. The SMILES string of the molecule is CC(C)CCC[C@@H](C)[C@H]1CC[C@H]2[C@@H]3CCC4C[C@]5(C)[C@@H](Cl)NC(=O)[C@@H]5C[C@]4(C)[C@H]3CC[C@]12C. The number of rotatable bonds is 5. The Kier molecular flexibility index (Phi) is 6.24. The highest BCUT2D eigenvalue weighted by Gasteiger charge is 2.65. The molecule has 1 N–H and O–H groups in total. The number of fused-ring (bicyclic) bond motifs is 6. The Morgan fingerprint density at radius 2 is 1.64 bits per heavy atom. The van der Waals surface area contributed by atoms with Crippen LogP contribution in [0.25, 0.3) is 0 Å². The summed E-state index contributed by atoms with van der Waals surface area (Å²) in [5.41, 5.74) is 0.646. The standard InChI is InChI=1S/C30H50ClNO/c1-18(2)8-7-9-19(3)22-12-13-23-21-11-10-20-16-30(6)25(26(33)32-27(30)31)17-29(20,5)24(21)14-15-28(22,23)4/h18-25,27H,7-17H2,1-6H3,(H,32,33)/t19-,20?,21+,22-,23+,24+,25+,27+,28-,29+,30+/m1/s1. The first-order chi connectivity index (χ1) is 15.5. The molecule has 0 aromatic carbocycles. The average molecular weight is 476 g/mol. The lowest BCUT2D eigenvalue weighted by Gasteiger charge is -2.63. The predicted molar refractivity (Wildman–Crippen MR) is 138 cm³/mol. The van der Waals surface area contributed by atoms with Gasteiger partial charge in [-0.1, -0.05) is 72.4 Å². The Morgan fingerprint density at radius 3 is 2.36 bits per heavy atom. The number of hydrogen-bond donors (Lipinski definition) is 1. The van der Waals surface area contributed by atoms with Crippen molar-refractivity contribution in [1.82, 2.24) is 5.32 Å². The molecule has 4 saturated carbocycles. The largest absolute Gasteiger partial charge is 0.339 e. The van der Waals surface area contributed by atoms with Gasteiger partial charge in [0.05, 0.1) is 0 Å². The second kappa shape index (κ2) is 8.41. The van der Waals surface area contributed by atoms with Gasteiger partial charge in [-0.3, -0.25) is 4.79 Å². The van der Waals surface area contributed by atoms with Crippen LogP contribution >= 0.6 is 11.6 Å². The Balaban J connectivity index is 1.33. The fraction of sp³-hybridized carbons (Fsp3) is 0.967. The molecule has 0 aromatic heterocycles. The van der Waals surface area contributed by atoms with E-state index in [1.165, 1.54) is 57.8 Å². The topological polar surface area (TPSA) is 29.1 Å². The summed E-state index contributed by atoms with van der Waals surface area (Å²) in [4.78, 5) is 12.9. The number of nitrogens with one attached hydrogen (secondary N) is 1. The van der Waals surface area contributed by atoms with E-state index in [0.717, 1.165) is 54.3 Å². The van der Waals surface area contributed by atoms with Gasteiger partial charge in [-0.2, -0.15) is 0 Å². The van der Waals surface area contributed by atoms with Crippen molar-refractivity contribution in [3.8, 4) is 0 Å². The molecule has 1 heterocycles. The van der Waals surface area contributed by atoms with Gasteiger partial charge in [0, 0.05) is 11.3 Å². The van der Waals surface area contributed by atoms with Gasteiger partial charge >= 0.3 is 0 Å². The van der Waals surface area contributed by atoms with Crippen LogP contribution in [0, 0.1) is 63.6 Å². The summed E-state index contributed by atoms with van der Waals surface area (Å²) in [5, 5.41) is 3.11. The fourth-order valence-electron chi connectivity index (χ4n) is 10.6. The first-order valence-electron chi connectivity index (χ1n) is 14.4. The molecule has 5 fully saturated rings. The molecule has 0 aromatic rings. The third-order valence-electron chi connectivity index (χ3n) is 12.6. The summed E-state index contributed by atoms with van der Waals surface area (Å²) >= 11 is 6.69. The number of hydrogen-bond acceptors (Lipinski definition) is 1. The van der Waals surface area contributed by atoms with Crippen molar-refractivity contribution in [2.75, 3.05) is 0 Å². The Morgan fingerprint density at radius 1 is 0.909 bits per heavy atom. The highest BCUT2D eigenvalue weighted by atomic mass is 35.5. The molecule has 0 bridgehead atoms. The summed E-state index contributed by atoms with van der Waals surface area (Å²) < 4.78 is 0. The van der Waals surface area contributed by atoms with Crippen LogP contribution in [0.1, 0.15) is 112 Å². The van der Waals surface area contributed by atoms with Crippen molar-refractivity contribution in [3.63, 3.8) is 0 Å². The van der Waals surface area contributed by atoms with Gasteiger partial charge in [-0.05, 0) is 104 Å². The average Bonchev–Trinajstić information content (AvgIpc) is 3.20. The maximum absolute atomic E-state index is 12.9. The fourth-order valence-corrected chi connectivity index (χ4v) is 11.0. The first kappa shape index (κ1) is 24.5. The quantitative estimate of drug-likeness (QED) is 0.316. The first-order valence-corrected chi connectivity index (χ1v) is 14.9. The third-order valence-corrected chi connectivity index (χ3v) is 13.2. The van der Waals surface area contributed by atoms with Gasteiger partial charge < -0.3 is 5.32 Å². The molecular weight excluding hydrogens is 426 g/mol. The number of halogens is 1. The lowest BCUT2D eigenvalue weighted by atomic mass is 9.41. The second-order valence-electron chi connectivity index (χ2n) is 14.5. The molecule has 2 nitrogen and oxygen atoms in total. The van der Waals surface area contributed by atoms with Gasteiger partial charge in [-0.25, -0.2) is 0 Å². The summed E-state index contributed by atoms with van der Waals surface area (Å²) in [6, 6.07) is 0. The molecule has 3 heteroatoms. The van der Waals surface area contributed by atoms with E-state index >= 15 is 0 Å². The van der Waals surface area contributed by atoms with Crippen molar-refractivity contribution in [1.29, 1.82) is 0 Å². The molecule has 33 heavy (non-hydrogen) atoms. The van der Waals surface area contributed by atoms with Crippen LogP contribution in [0.5, 0.6) is 0 Å². The minimum Gasteiger partial charge on any atom is -0.339 e. The van der Waals surface area contributed by atoms with Gasteiger partial charge in [-0.15, -0.1) is 0 Å². The summed E-state index contributed by atoms with van der Waals surface area (Å²) in [6.45, 7) is 14.9. The van der Waals surface area contributed by atoms with E-state index < -0.39 is 0 Å². The lowest BCUT2D eigenvalue weighted by molar-refractivity contribution is -0.151. The molecule has 1 unspecified atom stereocenters. The van der Waals surface area contributed by atoms with Crippen molar-refractivity contribution >= 4 is 17.5 Å². The maximum Gasteiger partial charge on any atom is 0.224 e. The molecule has 0 radical (unpaired) electrons. The maximum atomic E-state index is 12.9. The van der Waals surface area contributed by atoms with Gasteiger partial charge in [0.15, 0.2) is 0 Å². The zero-order valence-electron chi connectivity index (χ0n) is 22.3. The Hall–Kier alpha value is -0.240. The van der Waals surface area contributed by atoms with E-state index in [4.69, 9.17) is 11.6 Å². The highest BCUT2D eigenvalue weighted by molar-refractivity contribution is 6.23. The number of carbonyl (C=O) groups is 1. The van der Waals surface area contributed by atoms with Crippen LogP contribution in [0.4, 0.5) is 0 Å². The monoisotopic (exact) mass is 475 g/mol. The molecule has 5 rings (SSSR count). The van der Waals surface area contributed by atoms with E-state index in [1.54, 1.807) is 0 Å². The molecule has 5 aliphatic rings. The van der Waals surface area contributed by atoms with Crippen LogP contribution in [-0.4, -0.2) is 11.4 Å². The summed E-state index contributed by atoms with van der Waals surface area (Å²) in [7, 11) is 0. The van der Waals surface area contributed by atoms with Crippen LogP contribution in [0.3, 0.4) is 0 Å². The van der Waals surface area contributed by atoms with E-state index in [-0.39, 0.29) is 22.7 Å². The van der Waals surface area contributed by atoms with Crippen LogP contribution < -0.4 is 5.32 Å². The van der Waals surface area contributed by atoms with Gasteiger partial charge in [0.25, 0.3) is 0 Å². The molecule has 1 amide bonds. The number of amides is 1. The molecule has 11 atom stereocenters. The molecule has 1 aliphatic heterocycles. The van der Waals surface area contributed by atoms with Crippen molar-refractivity contribution in [2.45, 2.75) is 118 Å². The van der Waals surface area contributed by atoms with Gasteiger partial charge in [0.2, 0.25) is 5.91 Å². The smallest absolute Gasteiger partial charge is 0.224 e. The minimum absolute atomic E-state index is 0.0529. The van der Waals surface area contributed by atoms with E-state index in [1.807, 2.05) is 0 Å². The number of carbonyl (C=O) groups excluding carboxylic acids is 1. The van der Waals surface area contributed by atoms with Crippen molar-refractivity contribution < 1.29 is 4.79 Å². The lowest BCUT2D eigenvalue weighted by Crippen LogP contribution is -2.57. The van der Waals surface area contributed by atoms with Crippen LogP contribution in [0.2, 0.25) is 0 Å². The predicted octanol–water partition coefficient (Wildman–Crippen LogP) is 8.03. The van der Waals surface area contributed by atoms with Gasteiger partial charge in [0.1, 0.15) is 5.50 Å². The van der Waals surface area contributed by atoms with Crippen LogP contribution in [0.15, 0.2) is 0 Å².